The SMILES string of the molecule is C[C@@H](OC(=O)c1ccc(S(=O)(=O)N2CCCCC2)cc1)C(=O)c1ccc2c(c1)CCC2. The van der Waals surface area contributed by atoms with Crippen molar-refractivity contribution in [3.63, 3.8) is 0 Å². The lowest BCUT2D eigenvalue weighted by Gasteiger charge is -2.25. The highest BCUT2D eigenvalue weighted by Crippen LogP contribution is 2.24. The van der Waals surface area contributed by atoms with E-state index in [1.807, 2.05) is 12.1 Å². The molecule has 1 heterocycles. The Morgan fingerprint density at radius 2 is 1.52 bits per heavy atom. The third kappa shape index (κ3) is 4.57. The minimum Gasteiger partial charge on any atom is -0.451 e. The number of aryl methyl sites for hydroxylation is 2. The first kappa shape index (κ1) is 21.7. The van der Waals surface area contributed by atoms with Crippen LogP contribution in [0.4, 0.5) is 0 Å². The number of ketones is 1. The molecule has 0 aromatic heterocycles. The fourth-order valence-corrected chi connectivity index (χ4v) is 5.78. The van der Waals surface area contributed by atoms with E-state index >= 15 is 0 Å². The zero-order valence-electron chi connectivity index (χ0n) is 17.7. The molecule has 0 amide bonds. The van der Waals surface area contributed by atoms with Gasteiger partial charge in [-0.15, -0.1) is 0 Å². The maximum atomic E-state index is 12.7. The molecule has 0 saturated carbocycles. The van der Waals surface area contributed by atoms with Crippen LogP contribution in [-0.4, -0.2) is 43.7 Å². The molecule has 0 bridgehead atoms. The highest BCUT2D eigenvalue weighted by Gasteiger charge is 2.27. The zero-order valence-corrected chi connectivity index (χ0v) is 18.5. The van der Waals surface area contributed by atoms with Gasteiger partial charge in [-0.3, -0.25) is 4.79 Å². The molecule has 1 fully saturated rings. The van der Waals surface area contributed by atoms with E-state index in [2.05, 4.69) is 0 Å². The molecule has 0 unspecified atom stereocenters. The average molecular weight is 442 g/mol. The molecule has 0 spiro atoms. The Hall–Kier alpha value is -2.51. The maximum Gasteiger partial charge on any atom is 0.338 e. The summed E-state index contributed by atoms with van der Waals surface area (Å²) in [6, 6.07) is 11.4. The van der Waals surface area contributed by atoms with Crippen LogP contribution in [0.25, 0.3) is 0 Å². The highest BCUT2D eigenvalue weighted by atomic mass is 32.2. The molecule has 1 atom stereocenters. The van der Waals surface area contributed by atoms with Gasteiger partial charge in [-0.2, -0.15) is 4.31 Å². The van der Waals surface area contributed by atoms with Gasteiger partial charge in [-0.1, -0.05) is 18.6 Å². The molecular weight excluding hydrogens is 414 g/mol. The van der Waals surface area contributed by atoms with Crippen molar-refractivity contribution in [2.45, 2.75) is 56.4 Å². The van der Waals surface area contributed by atoms with Crippen LogP contribution >= 0.6 is 0 Å². The third-order valence-corrected chi connectivity index (χ3v) is 7.99. The summed E-state index contributed by atoms with van der Waals surface area (Å²) in [5, 5.41) is 0. The Labute approximate surface area is 183 Å². The largest absolute Gasteiger partial charge is 0.451 e. The smallest absolute Gasteiger partial charge is 0.338 e. The molecule has 2 aromatic carbocycles. The molecule has 31 heavy (non-hydrogen) atoms. The lowest BCUT2D eigenvalue weighted by Crippen LogP contribution is -2.35. The molecule has 0 N–H and O–H groups in total. The van der Waals surface area contributed by atoms with E-state index in [1.54, 1.807) is 13.0 Å². The first-order valence-electron chi connectivity index (χ1n) is 10.8. The number of carbonyl (C=O) groups excluding carboxylic acids is 2. The fraction of sp³-hybridized carbons (Fsp3) is 0.417. The number of hydrogen-bond acceptors (Lipinski definition) is 5. The summed E-state index contributed by atoms with van der Waals surface area (Å²) in [5.41, 5.74) is 3.23. The van der Waals surface area contributed by atoms with Gasteiger partial charge in [0, 0.05) is 18.7 Å². The quantitative estimate of drug-likeness (QED) is 0.503. The number of hydrogen-bond donors (Lipinski definition) is 0. The maximum absolute atomic E-state index is 12.7. The minimum atomic E-state index is -3.56. The number of carbonyl (C=O) groups is 2. The van der Waals surface area contributed by atoms with Crippen molar-refractivity contribution >= 4 is 21.8 Å². The van der Waals surface area contributed by atoms with Crippen molar-refractivity contribution in [3.8, 4) is 0 Å². The molecule has 1 aliphatic carbocycles. The topological polar surface area (TPSA) is 80.8 Å². The highest BCUT2D eigenvalue weighted by molar-refractivity contribution is 7.89. The van der Waals surface area contributed by atoms with E-state index in [-0.39, 0.29) is 16.2 Å². The second-order valence-electron chi connectivity index (χ2n) is 8.24. The van der Waals surface area contributed by atoms with Gasteiger partial charge in [0.1, 0.15) is 0 Å². The van der Waals surface area contributed by atoms with Crippen molar-refractivity contribution in [2.75, 3.05) is 13.1 Å². The second-order valence-corrected chi connectivity index (χ2v) is 10.2. The minimum absolute atomic E-state index is 0.160. The number of sulfonamides is 1. The van der Waals surface area contributed by atoms with E-state index in [0.29, 0.717) is 18.7 Å². The predicted molar refractivity (Wildman–Crippen MR) is 117 cm³/mol. The summed E-state index contributed by atoms with van der Waals surface area (Å²) < 4.78 is 32.3. The van der Waals surface area contributed by atoms with E-state index in [0.717, 1.165) is 38.5 Å². The zero-order chi connectivity index (χ0) is 22.0. The van der Waals surface area contributed by atoms with E-state index in [9.17, 15) is 18.0 Å². The Kier molecular flexibility index (Phi) is 6.25. The van der Waals surface area contributed by atoms with Gasteiger partial charge in [0.2, 0.25) is 15.8 Å². The van der Waals surface area contributed by atoms with Gasteiger partial charge < -0.3 is 4.74 Å². The summed E-state index contributed by atoms with van der Waals surface area (Å²) in [6.45, 7) is 2.60. The van der Waals surface area contributed by atoms with E-state index in [1.165, 1.54) is 39.7 Å². The Morgan fingerprint density at radius 1 is 0.871 bits per heavy atom. The number of rotatable bonds is 6. The van der Waals surface area contributed by atoms with Crippen LogP contribution in [0, 0.1) is 0 Å². The van der Waals surface area contributed by atoms with Crippen LogP contribution in [-0.2, 0) is 27.6 Å². The Bertz CT molecular complexity index is 1090. The predicted octanol–water partition coefficient (Wildman–Crippen LogP) is 3.78. The number of benzene rings is 2. The number of fused-ring (bicyclic) bond motifs is 1. The van der Waals surface area contributed by atoms with Gasteiger partial charge in [0.05, 0.1) is 10.5 Å². The molecule has 164 valence electrons. The summed E-state index contributed by atoms with van der Waals surface area (Å²) in [4.78, 5) is 25.4. The van der Waals surface area contributed by atoms with Crippen LogP contribution in [0.5, 0.6) is 0 Å². The van der Waals surface area contributed by atoms with Crippen molar-refractivity contribution in [3.05, 3.63) is 64.7 Å². The molecular formula is C24H27NO5S. The first-order chi connectivity index (χ1) is 14.9. The van der Waals surface area contributed by atoms with Crippen LogP contribution in [0.2, 0.25) is 0 Å². The number of esters is 1. The molecule has 2 aliphatic rings. The molecule has 6 nitrogen and oxygen atoms in total. The molecule has 1 aliphatic heterocycles. The van der Waals surface area contributed by atoms with Gasteiger partial charge in [0.15, 0.2) is 6.10 Å². The number of Topliss-reactive ketones (excluding diaryl/α,β-unsaturated/α-hetero) is 1. The summed E-state index contributed by atoms with van der Waals surface area (Å²) in [7, 11) is -3.56. The van der Waals surface area contributed by atoms with E-state index in [4.69, 9.17) is 4.74 Å². The van der Waals surface area contributed by atoms with Crippen molar-refractivity contribution in [2.24, 2.45) is 0 Å². The summed E-state index contributed by atoms with van der Waals surface area (Å²) >= 11 is 0. The van der Waals surface area contributed by atoms with Crippen LogP contribution < -0.4 is 0 Å². The molecule has 2 aromatic rings. The molecule has 0 radical (unpaired) electrons. The lowest BCUT2D eigenvalue weighted by atomic mass is 10.0. The van der Waals surface area contributed by atoms with Crippen molar-refractivity contribution in [1.82, 2.24) is 4.31 Å². The molecule has 4 rings (SSSR count). The van der Waals surface area contributed by atoms with Gasteiger partial charge in [-0.05, 0) is 80.5 Å². The summed E-state index contributed by atoms with van der Waals surface area (Å²) in [6.07, 6.45) is 4.94. The van der Waals surface area contributed by atoms with Crippen LogP contribution in [0.15, 0.2) is 47.4 Å². The van der Waals surface area contributed by atoms with Crippen molar-refractivity contribution in [1.29, 1.82) is 0 Å². The second kappa shape index (κ2) is 8.93. The van der Waals surface area contributed by atoms with Crippen molar-refractivity contribution < 1.29 is 22.7 Å². The number of piperidine rings is 1. The normalized spacial score (nSPS) is 17.7. The molecule has 1 saturated heterocycles. The Morgan fingerprint density at radius 3 is 2.23 bits per heavy atom. The van der Waals surface area contributed by atoms with Crippen LogP contribution in [0.1, 0.15) is 64.4 Å². The van der Waals surface area contributed by atoms with Crippen LogP contribution in [0.3, 0.4) is 0 Å². The van der Waals surface area contributed by atoms with Gasteiger partial charge in [-0.25, -0.2) is 13.2 Å². The third-order valence-electron chi connectivity index (χ3n) is 6.08. The van der Waals surface area contributed by atoms with Gasteiger partial charge in [0.25, 0.3) is 0 Å². The molecule has 7 heteroatoms. The summed E-state index contributed by atoms with van der Waals surface area (Å²) in [5.74, 6) is -0.892. The first-order valence-corrected chi connectivity index (χ1v) is 12.3. The average Bonchev–Trinajstić information content (AvgIpc) is 3.27. The van der Waals surface area contributed by atoms with Gasteiger partial charge >= 0.3 is 5.97 Å². The fourth-order valence-electron chi connectivity index (χ4n) is 4.26. The Balaban J connectivity index is 1.42. The monoisotopic (exact) mass is 441 g/mol. The standard InChI is InChI=1S/C24H27NO5S/c1-17(23(26)21-9-8-18-6-5-7-20(18)16-21)30-24(27)19-10-12-22(13-11-19)31(28,29)25-14-3-2-4-15-25/h8-13,16-17H,2-7,14-15H2,1H3/t17-/m1/s1. The number of nitrogens with zero attached hydrogens (tertiary/aromatic N) is 1. The van der Waals surface area contributed by atoms with E-state index < -0.39 is 22.1 Å². The number of ether oxygens (including phenoxy) is 1. The lowest BCUT2D eigenvalue weighted by molar-refractivity contribution is 0.0318.